The summed E-state index contributed by atoms with van der Waals surface area (Å²) in [7, 11) is 1.68. The van der Waals surface area contributed by atoms with E-state index in [0.29, 0.717) is 0 Å². The van der Waals surface area contributed by atoms with Crippen molar-refractivity contribution < 1.29 is 4.74 Å². The Morgan fingerprint density at radius 2 is 2.45 bits per heavy atom. The van der Waals surface area contributed by atoms with Gasteiger partial charge in [0.15, 0.2) is 0 Å². The Morgan fingerprint density at radius 1 is 1.55 bits per heavy atom. The van der Waals surface area contributed by atoms with Crippen LogP contribution in [0.15, 0.2) is 23.1 Å². The van der Waals surface area contributed by atoms with Gasteiger partial charge in [0, 0.05) is 4.90 Å². The molecule has 0 aromatic heterocycles. The van der Waals surface area contributed by atoms with Crippen LogP contribution in [0.4, 0.5) is 5.69 Å². The lowest BCUT2D eigenvalue weighted by atomic mass is 10.3. The van der Waals surface area contributed by atoms with Crippen LogP contribution in [0.25, 0.3) is 0 Å². The molecule has 2 rings (SSSR count). The number of fused-ring (bicyclic) bond motifs is 1. The highest BCUT2D eigenvalue weighted by Crippen LogP contribution is 2.36. The van der Waals surface area contributed by atoms with Crippen LogP contribution >= 0.6 is 11.8 Å². The normalized spacial score (nSPS) is 13.9. The Labute approximate surface area is 69.9 Å². The molecule has 1 aromatic rings. The number of hydrogen-bond acceptors (Lipinski definition) is 2. The molecule has 1 heterocycles. The Kier molecular flexibility index (Phi) is 1.66. The first-order valence-corrected chi connectivity index (χ1v) is 4.37. The van der Waals surface area contributed by atoms with E-state index in [2.05, 4.69) is 5.32 Å². The van der Waals surface area contributed by atoms with Gasteiger partial charge < -0.3 is 4.74 Å². The van der Waals surface area contributed by atoms with Gasteiger partial charge in [0.25, 0.3) is 0 Å². The van der Waals surface area contributed by atoms with Crippen molar-refractivity contribution in [3.63, 3.8) is 0 Å². The van der Waals surface area contributed by atoms with Crippen LogP contribution in [0.2, 0.25) is 0 Å². The predicted molar refractivity (Wildman–Crippen MR) is 45.5 cm³/mol. The molecule has 0 saturated carbocycles. The fourth-order valence-electron chi connectivity index (χ4n) is 1.04. The summed E-state index contributed by atoms with van der Waals surface area (Å²) in [5, 5.41) is 4.28. The first-order valence-electron chi connectivity index (χ1n) is 3.38. The molecule has 0 fully saturated rings. The lowest BCUT2D eigenvalue weighted by Gasteiger charge is -2.00. The second-order valence-corrected chi connectivity index (χ2v) is 3.25. The lowest BCUT2D eigenvalue weighted by Crippen LogP contribution is -1.86. The van der Waals surface area contributed by atoms with Crippen molar-refractivity contribution in [1.29, 1.82) is 0 Å². The van der Waals surface area contributed by atoms with Gasteiger partial charge in [0.1, 0.15) is 5.75 Å². The van der Waals surface area contributed by atoms with Gasteiger partial charge in [-0.25, -0.2) is 0 Å². The third-order valence-corrected chi connectivity index (χ3v) is 2.52. The summed E-state index contributed by atoms with van der Waals surface area (Å²) >= 11 is 1.75. The number of nitrogens with zero attached hydrogens (tertiary/aromatic N) is 1. The minimum atomic E-state index is 0.850. The zero-order valence-electron chi connectivity index (χ0n) is 6.20. The molecule has 0 spiro atoms. The molecule has 1 aliphatic heterocycles. The van der Waals surface area contributed by atoms with Gasteiger partial charge in [-0.15, -0.1) is 0 Å². The molecule has 2 nitrogen and oxygen atoms in total. The Morgan fingerprint density at radius 3 is 3.27 bits per heavy atom. The Hall–Kier alpha value is -0.830. The van der Waals surface area contributed by atoms with Crippen LogP contribution < -0.4 is 10.1 Å². The Balaban J connectivity index is 2.41. The van der Waals surface area contributed by atoms with Crippen LogP contribution in [0.1, 0.15) is 0 Å². The van der Waals surface area contributed by atoms with Crippen LogP contribution in [0.5, 0.6) is 5.75 Å². The summed E-state index contributed by atoms with van der Waals surface area (Å²) in [6.45, 7) is 0. The number of ether oxygens (including phenoxy) is 1. The van der Waals surface area contributed by atoms with Gasteiger partial charge in [-0.2, -0.15) is 0 Å². The van der Waals surface area contributed by atoms with E-state index in [-0.39, 0.29) is 0 Å². The van der Waals surface area contributed by atoms with Crippen molar-refractivity contribution in [2.75, 3.05) is 13.0 Å². The molecule has 1 aromatic carbocycles. The highest BCUT2D eigenvalue weighted by Gasteiger charge is 2.11. The molecule has 0 bridgehead atoms. The van der Waals surface area contributed by atoms with Gasteiger partial charge in [0.05, 0.1) is 18.7 Å². The summed E-state index contributed by atoms with van der Waals surface area (Å²) in [4.78, 5) is 1.23. The predicted octanol–water partition coefficient (Wildman–Crippen LogP) is 1.99. The maximum atomic E-state index is 5.08. The average molecular weight is 166 g/mol. The largest absolute Gasteiger partial charge is 0.497 e. The zero-order valence-corrected chi connectivity index (χ0v) is 7.02. The fourth-order valence-corrected chi connectivity index (χ4v) is 1.86. The first kappa shape index (κ1) is 6.85. The highest BCUT2D eigenvalue weighted by atomic mass is 32.2. The van der Waals surface area contributed by atoms with Crippen LogP contribution in [-0.2, 0) is 0 Å². The summed E-state index contributed by atoms with van der Waals surface area (Å²) in [6.07, 6.45) is 0. The molecule has 0 amide bonds. The van der Waals surface area contributed by atoms with Crippen LogP contribution in [0, 0.1) is 0 Å². The number of methoxy groups -OCH3 is 1. The topological polar surface area (TPSA) is 23.3 Å². The van der Waals surface area contributed by atoms with E-state index in [1.54, 1.807) is 18.9 Å². The average Bonchev–Trinajstić information content (AvgIpc) is 2.50. The molecule has 1 aliphatic rings. The van der Waals surface area contributed by atoms with Gasteiger partial charge >= 0.3 is 0 Å². The summed E-state index contributed by atoms with van der Waals surface area (Å²) in [5.41, 5.74) is 1.09. The standard InChI is InChI=1S/C8H8NOS/c1-10-6-2-3-7-8(4-6)11-5-9-7/h2-4H,5H2,1H3. The maximum absolute atomic E-state index is 5.08. The van der Waals surface area contributed by atoms with E-state index in [1.165, 1.54) is 4.90 Å². The SMILES string of the molecule is COc1ccc2c(c1)SC[N]2. The first-order chi connectivity index (χ1) is 5.40. The van der Waals surface area contributed by atoms with Crippen molar-refractivity contribution in [1.82, 2.24) is 5.32 Å². The van der Waals surface area contributed by atoms with Crippen molar-refractivity contribution >= 4 is 17.4 Å². The monoisotopic (exact) mass is 166 g/mol. The minimum Gasteiger partial charge on any atom is -0.497 e. The quantitative estimate of drug-likeness (QED) is 0.637. The highest BCUT2D eigenvalue weighted by molar-refractivity contribution is 7.99. The minimum absolute atomic E-state index is 0.850. The van der Waals surface area contributed by atoms with Crippen molar-refractivity contribution in [2.45, 2.75) is 4.90 Å². The van der Waals surface area contributed by atoms with Gasteiger partial charge in [-0.05, 0) is 18.2 Å². The van der Waals surface area contributed by atoms with Gasteiger partial charge in [-0.3, -0.25) is 5.32 Å². The lowest BCUT2D eigenvalue weighted by molar-refractivity contribution is 0.414. The smallest absolute Gasteiger partial charge is 0.120 e. The van der Waals surface area contributed by atoms with E-state index in [4.69, 9.17) is 4.74 Å². The summed E-state index contributed by atoms with van der Waals surface area (Å²) < 4.78 is 5.08. The third-order valence-electron chi connectivity index (χ3n) is 1.62. The molecule has 0 aliphatic carbocycles. The molecule has 0 N–H and O–H groups in total. The van der Waals surface area contributed by atoms with E-state index >= 15 is 0 Å². The second kappa shape index (κ2) is 2.66. The van der Waals surface area contributed by atoms with Crippen LogP contribution in [-0.4, -0.2) is 13.0 Å². The Bertz CT molecular complexity index is 275. The van der Waals surface area contributed by atoms with Gasteiger partial charge in [-0.1, -0.05) is 11.8 Å². The molecular weight excluding hydrogens is 158 g/mol. The molecular formula is C8H8NOS. The molecule has 1 radical (unpaired) electrons. The number of benzene rings is 1. The number of thioether (sulfide) groups is 1. The molecule has 3 heteroatoms. The summed E-state index contributed by atoms with van der Waals surface area (Å²) in [5.74, 6) is 1.76. The molecule has 0 saturated heterocycles. The van der Waals surface area contributed by atoms with Gasteiger partial charge in [0.2, 0.25) is 0 Å². The molecule has 57 valence electrons. The van der Waals surface area contributed by atoms with Crippen LogP contribution in [0.3, 0.4) is 0 Å². The van der Waals surface area contributed by atoms with Crippen molar-refractivity contribution in [2.24, 2.45) is 0 Å². The molecule has 0 unspecified atom stereocenters. The molecule has 0 atom stereocenters. The zero-order chi connectivity index (χ0) is 7.68. The van der Waals surface area contributed by atoms with Crippen molar-refractivity contribution in [3.8, 4) is 5.75 Å². The number of rotatable bonds is 1. The summed E-state index contributed by atoms with van der Waals surface area (Å²) in [6, 6.07) is 5.96. The van der Waals surface area contributed by atoms with E-state index in [1.807, 2.05) is 18.2 Å². The van der Waals surface area contributed by atoms with E-state index < -0.39 is 0 Å². The van der Waals surface area contributed by atoms with Crippen molar-refractivity contribution in [3.05, 3.63) is 18.2 Å². The maximum Gasteiger partial charge on any atom is 0.120 e. The third kappa shape index (κ3) is 1.16. The number of hydrogen-bond donors (Lipinski definition) is 0. The fraction of sp³-hybridized carbons (Fsp3) is 0.250. The van der Waals surface area contributed by atoms with E-state index in [0.717, 1.165) is 17.3 Å². The molecule has 11 heavy (non-hydrogen) atoms. The second-order valence-electron chi connectivity index (χ2n) is 2.27. The van der Waals surface area contributed by atoms with E-state index in [9.17, 15) is 0 Å².